The van der Waals surface area contributed by atoms with Crippen molar-refractivity contribution in [2.24, 2.45) is 0 Å². The quantitative estimate of drug-likeness (QED) is 0.914. The van der Waals surface area contributed by atoms with E-state index < -0.39 is 0 Å². The first-order valence-corrected chi connectivity index (χ1v) is 8.37. The van der Waals surface area contributed by atoms with Crippen LogP contribution in [0.3, 0.4) is 0 Å². The number of hydrogen-bond donors (Lipinski definition) is 1. The van der Waals surface area contributed by atoms with Gasteiger partial charge in [0.2, 0.25) is 0 Å². The lowest BCUT2D eigenvalue weighted by atomic mass is 9.98. The lowest BCUT2D eigenvalue weighted by Gasteiger charge is -2.37. The Labute approximate surface area is 131 Å². The molecule has 1 atom stereocenters. The minimum atomic E-state index is 0.0797. The van der Waals surface area contributed by atoms with Gasteiger partial charge in [0.25, 0.3) is 5.91 Å². The first kappa shape index (κ1) is 15.5. The second-order valence-corrected chi connectivity index (χ2v) is 6.33. The molecule has 1 aromatic heterocycles. The number of aromatic nitrogens is 2. The summed E-state index contributed by atoms with van der Waals surface area (Å²) in [4.78, 5) is 17.2. The van der Waals surface area contributed by atoms with E-state index >= 15 is 0 Å². The molecule has 0 aliphatic carbocycles. The Morgan fingerprint density at radius 2 is 2.18 bits per heavy atom. The monoisotopic (exact) mass is 306 g/mol. The van der Waals surface area contributed by atoms with Crippen molar-refractivity contribution >= 4 is 5.91 Å². The highest BCUT2D eigenvalue weighted by atomic mass is 16.5. The highest BCUT2D eigenvalue weighted by molar-refractivity contribution is 5.92. The van der Waals surface area contributed by atoms with E-state index in [4.69, 9.17) is 4.74 Å². The van der Waals surface area contributed by atoms with E-state index in [1.165, 1.54) is 6.42 Å². The Balaban J connectivity index is 1.59. The molecule has 3 rings (SSSR count). The van der Waals surface area contributed by atoms with Crippen molar-refractivity contribution in [1.29, 1.82) is 0 Å². The predicted octanol–water partition coefficient (Wildman–Crippen LogP) is 1.44. The molecule has 0 bridgehead atoms. The van der Waals surface area contributed by atoms with Crippen molar-refractivity contribution in [2.45, 2.75) is 38.6 Å². The van der Waals surface area contributed by atoms with Crippen LogP contribution in [0.25, 0.3) is 0 Å². The number of morpholine rings is 1. The van der Waals surface area contributed by atoms with Gasteiger partial charge in [-0.15, -0.1) is 0 Å². The Morgan fingerprint density at radius 3 is 2.91 bits per heavy atom. The number of rotatable bonds is 4. The molecule has 6 heteroatoms. The first-order valence-electron chi connectivity index (χ1n) is 8.37. The molecule has 1 unspecified atom stereocenters. The number of piperidine rings is 1. The van der Waals surface area contributed by atoms with Crippen LogP contribution < -0.4 is 0 Å². The average molecular weight is 306 g/mol. The number of H-pyrrole nitrogens is 1. The van der Waals surface area contributed by atoms with E-state index in [-0.39, 0.29) is 5.91 Å². The van der Waals surface area contributed by atoms with E-state index in [0.717, 1.165) is 64.3 Å². The van der Waals surface area contributed by atoms with Crippen LogP contribution in [0.4, 0.5) is 0 Å². The summed E-state index contributed by atoms with van der Waals surface area (Å²) in [5.74, 6) is 0.0797. The summed E-state index contributed by atoms with van der Waals surface area (Å²) in [6.45, 7) is 7.53. The zero-order valence-corrected chi connectivity index (χ0v) is 13.4. The molecule has 2 fully saturated rings. The van der Waals surface area contributed by atoms with Crippen molar-refractivity contribution in [3.63, 3.8) is 0 Å². The average Bonchev–Trinajstić information content (AvgIpc) is 3.00. The van der Waals surface area contributed by atoms with Crippen LogP contribution in [0.1, 0.15) is 41.9 Å². The zero-order valence-electron chi connectivity index (χ0n) is 13.4. The van der Waals surface area contributed by atoms with Crippen LogP contribution in [0.15, 0.2) is 6.07 Å². The van der Waals surface area contributed by atoms with Gasteiger partial charge in [-0.1, -0.05) is 0 Å². The summed E-state index contributed by atoms with van der Waals surface area (Å²) < 4.78 is 5.39. The van der Waals surface area contributed by atoms with E-state index in [1.54, 1.807) is 0 Å². The van der Waals surface area contributed by atoms with Gasteiger partial charge in [-0.25, -0.2) is 0 Å². The van der Waals surface area contributed by atoms with Gasteiger partial charge in [0.1, 0.15) is 5.69 Å². The second kappa shape index (κ2) is 7.24. The molecule has 1 aromatic rings. The van der Waals surface area contributed by atoms with Gasteiger partial charge in [0.15, 0.2) is 0 Å². The summed E-state index contributed by atoms with van der Waals surface area (Å²) in [5, 5.41) is 7.00. The fraction of sp³-hybridized carbons (Fsp3) is 0.750. The molecule has 0 spiro atoms. The van der Waals surface area contributed by atoms with Crippen LogP contribution in [-0.4, -0.2) is 71.3 Å². The Hall–Kier alpha value is -1.40. The summed E-state index contributed by atoms with van der Waals surface area (Å²) in [7, 11) is 0. The standard InChI is InChI=1S/C16H26N4O2/c1-13-12-15(18-17-13)16(21)20-6-3-2-4-14(20)5-7-19-8-10-22-11-9-19/h12,14H,2-11H2,1H3,(H,17,18). The maximum atomic E-state index is 12.7. The van der Waals surface area contributed by atoms with Crippen molar-refractivity contribution < 1.29 is 9.53 Å². The van der Waals surface area contributed by atoms with Crippen LogP contribution in [0.2, 0.25) is 0 Å². The molecule has 6 nitrogen and oxygen atoms in total. The van der Waals surface area contributed by atoms with Crippen molar-refractivity contribution in [1.82, 2.24) is 20.0 Å². The number of aromatic amines is 1. The molecule has 1 amide bonds. The minimum Gasteiger partial charge on any atom is -0.379 e. The van der Waals surface area contributed by atoms with E-state index in [2.05, 4.69) is 15.1 Å². The SMILES string of the molecule is Cc1cc(C(=O)N2CCCCC2CCN2CCOCC2)n[nH]1. The first-order chi connectivity index (χ1) is 10.7. The van der Waals surface area contributed by atoms with Gasteiger partial charge >= 0.3 is 0 Å². The highest BCUT2D eigenvalue weighted by Crippen LogP contribution is 2.22. The third kappa shape index (κ3) is 3.67. The number of aryl methyl sites for hydroxylation is 1. The molecular weight excluding hydrogens is 280 g/mol. The Kier molecular flexibility index (Phi) is 5.10. The minimum absolute atomic E-state index is 0.0797. The summed E-state index contributed by atoms with van der Waals surface area (Å²) >= 11 is 0. The fourth-order valence-corrected chi connectivity index (χ4v) is 3.40. The molecule has 22 heavy (non-hydrogen) atoms. The Morgan fingerprint density at radius 1 is 1.36 bits per heavy atom. The molecule has 0 aromatic carbocycles. The normalized spacial score (nSPS) is 23.7. The zero-order chi connectivity index (χ0) is 15.4. The number of ether oxygens (including phenoxy) is 1. The maximum Gasteiger partial charge on any atom is 0.274 e. The number of likely N-dealkylation sites (tertiary alicyclic amines) is 1. The molecule has 2 aliphatic rings. The lowest BCUT2D eigenvalue weighted by molar-refractivity contribution is 0.0295. The number of nitrogens with zero attached hydrogens (tertiary/aromatic N) is 3. The molecule has 0 saturated carbocycles. The van der Waals surface area contributed by atoms with Gasteiger partial charge in [-0.05, 0) is 38.7 Å². The molecule has 122 valence electrons. The third-order valence-corrected chi connectivity index (χ3v) is 4.70. The number of hydrogen-bond acceptors (Lipinski definition) is 4. The molecule has 1 N–H and O–H groups in total. The number of nitrogens with one attached hydrogen (secondary N) is 1. The van der Waals surface area contributed by atoms with Crippen molar-refractivity contribution in [2.75, 3.05) is 39.4 Å². The maximum absolute atomic E-state index is 12.7. The smallest absolute Gasteiger partial charge is 0.274 e. The van der Waals surface area contributed by atoms with Gasteiger partial charge in [0, 0.05) is 37.9 Å². The third-order valence-electron chi connectivity index (χ3n) is 4.70. The molecule has 3 heterocycles. The molecule has 2 saturated heterocycles. The van der Waals surface area contributed by atoms with E-state index in [1.807, 2.05) is 17.9 Å². The Bertz CT molecular complexity index is 496. The number of amides is 1. The van der Waals surface area contributed by atoms with Crippen LogP contribution in [0, 0.1) is 6.92 Å². The summed E-state index contributed by atoms with van der Waals surface area (Å²) in [6, 6.07) is 2.19. The van der Waals surface area contributed by atoms with Crippen molar-refractivity contribution in [3.05, 3.63) is 17.5 Å². The van der Waals surface area contributed by atoms with Gasteiger partial charge < -0.3 is 9.64 Å². The van der Waals surface area contributed by atoms with Crippen LogP contribution in [-0.2, 0) is 4.74 Å². The van der Waals surface area contributed by atoms with Gasteiger partial charge in [0.05, 0.1) is 13.2 Å². The largest absolute Gasteiger partial charge is 0.379 e. The topological polar surface area (TPSA) is 61.5 Å². The summed E-state index contributed by atoms with van der Waals surface area (Å²) in [5.41, 5.74) is 1.49. The van der Waals surface area contributed by atoms with Gasteiger partial charge in [-0.3, -0.25) is 14.8 Å². The van der Waals surface area contributed by atoms with Crippen molar-refractivity contribution in [3.8, 4) is 0 Å². The fourth-order valence-electron chi connectivity index (χ4n) is 3.40. The van der Waals surface area contributed by atoms with E-state index in [9.17, 15) is 4.79 Å². The molecule has 0 radical (unpaired) electrons. The van der Waals surface area contributed by atoms with Gasteiger partial charge in [-0.2, -0.15) is 5.10 Å². The summed E-state index contributed by atoms with van der Waals surface area (Å²) in [6.07, 6.45) is 4.48. The molecule has 2 aliphatic heterocycles. The highest BCUT2D eigenvalue weighted by Gasteiger charge is 2.29. The number of carbonyl (C=O) groups is 1. The van der Waals surface area contributed by atoms with Crippen LogP contribution in [0.5, 0.6) is 0 Å². The predicted molar refractivity (Wildman–Crippen MR) is 83.9 cm³/mol. The second-order valence-electron chi connectivity index (χ2n) is 6.33. The number of carbonyl (C=O) groups excluding carboxylic acids is 1. The lowest BCUT2D eigenvalue weighted by Crippen LogP contribution is -2.46. The van der Waals surface area contributed by atoms with Crippen LogP contribution >= 0.6 is 0 Å². The van der Waals surface area contributed by atoms with E-state index in [0.29, 0.717) is 11.7 Å². The molecular formula is C16H26N4O2.